The molecule has 1 aliphatic rings. The second-order valence-corrected chi connectivity index (χ2v) is 41.6. The van der Waals surface area contributed by atoms with Crippen LogP contribution in [0.3, 0.4) is 0 Å². The van der Waals surface area contributed by atoms with Crippen molar-refractivity contribution in [2.45, 2.75) is 213 Å². The van der Waals surface area contributed by atoms with Gasteiger partial charge in [0, 0.05) is 0 Å². The summed E-state index contributed by atoms with van der Waals surface area (Å²) in [7, 11) is -4.96. The summed E-state index contributed by atoms with van der Waals surface area (Å²) in [5.41, 5.74) is 22.4. The van der Waals surface area contributed by atoms with Crippen LogP contribution in [0, 0.1) is 34.6 Å². The summed E-state index contributed by atoms with van der Waals surface area (Å²) in [5.74, 6) is 4.18. The van der Waals surface area contributed by atoms with Gasteiger partial charge in [0.15, 0.2) is 0 Å². The average molecular weight is 842 g/mol. The molecule has 4 aromatic rings. The summed E-state index contributed by atoms with van der Waals surface area (Å²) >= 11 is 0. The Bertz CT molecular complexity index is 2000. The lowest BCUT2D eigenvalue weighted by Crippen LogP contribution is -2.61. The Morgan fingerprint density at radius 3 is 0.746 bits per heavy atom. The van der Waals surface area contributed by atoms with Crippen LogP contribution in [0.15, 0.2) is 36.4 Å². The van der Waals surface area contributed by atoms with Crippen molar-refractivity contribution in [1.82, 2.24) is 0 Å². The van der Waals surface area contributed by atoms with E-state index in [1.807, 2.05) is 20.7 Å². The third-order valence-electron chi connectivity index (χ3n) is 14.6. The molecule has 1 saturated heterocycles. The van der Waals surface area contributed by atoms with Gasteiger partial charge in [0.25, 0.3) is 0 Å². The predicted molar refractivity (Wildman–Crippen MR) is 272 cm³/mol. The van der Waals surface area contributed by atoms with Gasteiger partial charge in [-0.15, -0.1) is 0 Å². The molecule has 4 aromatic carbocycles. The third-order valence-corrected chi connectivity index (χ3v) is 44.3. The molecule has 0 unspecified atom stereocenters. The normalized spacial score (nSPS) is 15.1. The highest BCUT2D eigenvalue weighted by Gasteiger charge is 2.75. The Labute approximate surface area is 368 Å². The number of hydrogen-bond acceptors (Lipinski definition) is 0. The lowest BCUT2D eigenvalue weighted by atomic mass is 9.89. The SMILES string of the molecule is Cc1c(C)c(C)c([Si]2[Si](c3c(C(C)C)cc(C(C)C)cc3C(C)C)[Si]2(c2c(C(C)C)cc(C(C)C)cc2C(C)C)c2c(C(C)C)cc(C(C)C)cc2C(C)C)c(C)c1C. The van der Waals surface area contributed by atoms with Gasteiger partial charge in [0.2, 0.25) is 0 Å². The third kappa shape index (κ3) is 8.17. The molecule has 3 heteroatoms. The summed E-state index contributed by atoms with van der Waals surface area (Å²) in [4.78, 5) is 0. The highest BCUT2D eigenvalue weighted by molar-refractivity contribution is 8.12. The second kappa shape index (κ2) is 17.7. The lowest BCUT2D eigenvalue weighted by molar-refractivity contribution is 0.809. The van der Waals surface area contributed by atoms with E-state index in [9.17, 15) is 0 Å². The smallest absolute Gasteiger partial charge is 0.0604 e. The van der Waals surface area contributed by atoms with Gasteiger partial charge in [0.05, 0.1) is 15.7 Å². The van der Waals surface area contributed by atoms with E-state index in [0.29, 0.717) is 53.3 Å². The monoisotopic (exact) mass is 841 g/mol. The van der Waals surface area contributed by atoms with E-state index in [0.717, 1.165) is 0 Å². The van der Waals surface area contributed by atoms with Gasteiger partial charge in [-0.25, -0.2) is 0 Å². The first-order valence-corrected chi connectivity index (χ1v) is 31.7. The molecule has 1 aliphatic heterocycles. The van der Waals surface area contributed by atoms with Crippen molar-refractivity contribution in [3.05, 3.63) is 114 Å². The Balaban J connectivity index is 2.28. The van der Waals surface area contributed by atoms with Crippen LogP contribution < -0.4 is 20.7 Å². The summed E-state index contributed by atoms with van der Waals surface area (Å²) in [6.07, 6.45) is 0. The molecule has 0 spiro atoms. The Morgan fingerprint density at radius 2 is 0.508 bits per heavy atom. The first-order chi connectivity index (χ1) is 27.3. The topological polar surface area (TPSA) is 0 Å². The van der Waals surface area contributed by atoms with Gasteiger partial charge in [-0.3, -0.25) is 0 Å². The van der Waals surface area contributed by atoms with E-state index in [1.54, 1.807) is 44.5 Å². The molecule has 1 fully saturated rings. The minimum atomic E-state index is -2.61. The van der Waals surface area contributed by atoms with Crippen molar-refractivity contribution < 1.29 is 0 Å². The van der Waals surface area contributed by atoms with Crippen LogP contribution in [-0.2, 0) is 0 Å². The molecule has 320 valence electrons. The minimum absolute atomic E-state index is 0.443. The van der Waals surface area contributed by atoms with Crippen molar-refractivity contribution in [3.8, 4) is 0 Å². The molecule has 0 aromatic heterocycles. The second-order valence-electron chi connectivity index (χ2n) is 21.6. The first kappa shape index (κ1) is 47.6. The van der Waals surface area contributed by atoms with Gasteiger partial charge in [0.1, 0.15) is 7.11 Å². The number of hydrogen-bond donors (Lipinski definition) is 0. The highest BCUT2D eigenvalue weighted by atomic mass is 30.2. The van der Waals surface area contributed by atoms with Gasteiger partial charge in [-0.1, -0.05) is 182 Å². The molecule has 2 radical (unpaired) electrons. The van der Waals surface area contributed by atoms with Crippen molar-refractivity contribution >= 4 is 43.5 Å². The Hall–Kier alpha value is -2.47. The molecular weight excluding hydrogens is 757 g/mol. The molecule has 0 amide bonds. The predicted octanol–water partition coefficient (Wildman–Crippen LogP) is 14.0. The fourth-order valence-corrected chi connectivity index (χ4v) is 55.8. The van der Waals surface area contributed by atoms with Gasteiger partial charge >= 0.3 is 0 Å². The van der Waals surface area contributed by atoms with Crippen molar-refractivity contribution in [1.29, 1.82) is 0 Å². The summed E-state index contributed by atoms with van der Waals surface area (Å²) in [5, 5.41) is 7.43. The molecular formula is C56H84Si3. The largest absolute Gasteiger partial charge is 0.107 e. The molecule has 0 nitrogen and oxygen atoms in total. The van der Waals surface area contributed by atoms with Crippen LogP contribution in [-0.4, -0.2) is 22.8 Å². The van der Waals surface area contributed by atoms with E-state index in [2.05, 4.69) is 196 Å². The molecule has 0 N–H and O–H groups in total. The van der Waals surface area contributed by atoms with Crippen molar-refractivity contribution in [2.24, 2.45) is 0 Å². The van der Waals surface area contributed by atoms with Gasteiger partial charge < -0.3 is 0 Å². The van der Waals surface area contributed by atoms with E-state index in [1.165, 1.54) is 33.4 Å². The molecule has 0 atom stereocenters. The maximum absolute atomic E-state index is 2.73. The maximum atomic E-state index is 2.73. The molecule has 1 heterocycles. The zero-order chi connectivity index (χ0) is 44.5. The average Bonchev–Trinajstić information content (AvgIpc) is 3.82. The van der Waals surface area contributed by atoms with Crippen LogP contribution in [0.1, 0.15) is 256 Å². The standard InChI is InChI=1S/C56H84Si3/c1-30(2)44-24-47(33(7)8)54(48(25-44)34(9)10)58-57(53-42(22)40(20)39(19)41(21)43(53)23)59(58,55-49(35(11)12)26-45(31(3)4)27-50(55)36(13)14)56-51(37(15)16)28-46(32(5)6)29-52(56)38(17)18/h24-38H,1-23H3. The summed E-state index contributed by atoms with van der Waals surface area (Å²) in [6, 6.07) is 16.3. The molecule has 0 bridgehead atoms. The van der Waals surface area contributed by atoms with Gasteiger partial charge in [-0.2, -0.15) is 0 Å². The number of benzene rings is 4. The van der Waals surface area contributed by atoms with Crippen LogP contribution in [0.25, 0.3) is 0 Å². The minimum Gasteiger partial charge on any atom is -0.0604 e. The zero-order valence-electron chi connectivity index (χ0n) is 42.2. The van der Waals surface area contributed by atoms with Crippen LogP contribution in [0.5, 0.6) is 0 Å². The van der Waals surface area contributed by atoms with Crippen LogP contribution in [0.2, 0.25) is 0 Å². The fraction of sp³-hybridized carbons (Fsp3) is 0.571. The summed E-state index contributed by atoms with van der Waals surface area (Å²) in [6.45, 7) is 57.1. The quantitative estimate of drug-likeness (QED) is 0.118. The summed E-state index contributed by atoms with van der Waals surface area (Å²) < 4.78 is 0. The lowest BCUT2D eigenvalue weighted by Gasteiger charge is -2.36. The Morgan fingerprint density at radius 1 is 0.288 bits per heavy atom. The Kier molecular flexibility index (Phi) is 14.3. The fourth-order valence-electron chi connectivity index (χ4n) is 10.4. The maximum Gasteiger partial charge on any atom is 0.107 e. The molecule has 5 rings (SSSR count). The van der Waals surface area contributed by atoms with Crippen LogP contribution >= 0.6 is 0 Å². The van der Waals surface area contributed by atoms with E-state index < -0.39 is 22.8 Å². The first-order valence-electron chi connectivity index (χ1n) is 23.7. The van der Waals surface area contributed by atoms with E-state index in [4.69, 9.17) is 0 Å². The number of rotatable bonds is 13. The van der Waals surface area contributed by atoms with Crippen molar-refractivity contribution in [3.63, 3.8) is 0 Å². The molecule has 0 saturated carbocycles. The highest BCUT2D eigenvalue weighted by Crippen LogP contribution is 2.44. The van der Waals surface area contributed by atoms with E-state index >= 15 is 0 Å². The van der Waals surface area contributed by atoms with Crippen molar-refractivity contribution in [2.75, 3.05) is 0 Å². The zero-order valence-corrected chi connectivity index (χ0v) is 45.2. The molecule has 0 aliphatic carbocycles. The van der Waals surface area contributed by atoms with Gasteiger partial charge in [-0.05, 0) is 166 Å². The van der Waals surface area contributed by atoms with Crippen LogP contribution in [0.4, 0.5) is 0 Å². The van der Waals surface area contributed by atoms with E-state index in [-0.39, 0.29) is 0 Å². The molecule has 59 heavy (non-hydrogen) atoms.